The summed E-state index contributed by atoms with van der Waals surface area (Å²) in [5.41, 5.74) is 0. The molecule has 2 aliphatic heterocycles. The maximum Gasteiger partial charge on any atom is 0.220 e. The zero-order chi connectivity index (χ0) is 14.2. The fourth-order valence-electron chi connectivity index (χ4n) is 3.62. The van der Waals surface area contributed by atoms with E-state index in [4.69, 9.17) is 0 Å². The van der Waals surface area contributed by atoms with Crippen molar-refractivity contribution >= 4 is 33.3 Å². The van der Waals surface area contributed by atoms with Gasteiger partial charge in [-0.25, -0.2) is 9.97 Å². The van der Waals surface area contributed by atoms with Crippen LogP contribution in [0, 0.1) is 5.92 Å². The molecule has 1 N–H and O–H groups in total. The van der Waals surface area contributed by atoms with Crippen LogP contribution in [0.4, 0.5) is 5.82 Å². The van der Waals surface area contributed by atoms with E-state index in [9.17, 15) is 4.79 Å². The summed E-state index contributed by atoms with van der Waals surface area (Å²) in [7, 11) is 0. The third-order valence-electron chi connectivity index (χ3n) is 4.62. The Balaban J connectivity index is 1.70. The van der Waals surface area contributed by atoms with Crippen LogP contribution in [0.25, 0.3) is 10.2 Å². The Morgan fingerprint density at radius 1 is 1.33 bits per heavy atom. The molecule has 0 spiro atoms. The fraction of sp³-hybridized carbons (Fsp3) is 0.533. The number of fused-ring (bicyclic) bond motifs is 1. The summed E-state index contributed by atoms with van der Waals surface area (Å²) in [5.74, 6) is 1.64. The number of anilines is 1. The first-order valence-electron chi connectivity index (χ1n) is 7.54. The van der Waals surface area contributed by atoms with E-state index >= 15 is 0 Å². The van der Waals surface area contributed by atoms with Gasteiger partial charge in [-0.05, 0) is 30.7 Å². The molecule has 0 aromatic carbocycles. The van der Waals surface area contributed by atoms with Crippen molar-refractivity contribution < 1.29 is 4.79 Å². The first-order valence-corrected chi connectivity index (χ1v) is 8.42. The number of piperidine rings is 1. The van der Waals surface area contributed by atoms with Crippen molar-refractivity contribution in [3.05, 3.63) is 17.8 Å². The van der Waals surface area contributed by atoms with Gasteiger partial charge in [0.15, 0.2) is 0 Å². The second-order valence-corrected chi connectivity index (χ2v) is 6.76. The topological polar surface area (TPSA) is 58.1 Å². The van der Waals surface area contributed by atoms with Gasteiger partial charge in [-0.1, -0.05) is 0 Å². The molecule has 2 aliphatic rings. The number of hydrogen-bond acceptors (Lipinski definition) is 5. The molecule has 2 atom stereocenters. The highest BCUT2D eigenvalue weighted by Crippen LogP contribution is 2.34. The van der Waals surface area contributed by atoms with Crippen molar-refractivity contribution in [2.45, 2.75) is 31.7 Å². The smallest absolute Gasteiger partial charge is 0.220 e. The second-order valence-electron chi connectivity index (χ2n) is 5.86. The second kappa shape index (κ2) is 5.26. The molecule has 0 aliphatic carbocycles. The van der Waals surface area contributed by atoms with Crippen molar-refractivity contribution in [1.29, 1.82) is 0 Å². The number of nitrogens with one attached hydrogen (secondary N) is 1. The lowest BCUT2D eigenvalue weighted by Crippen LogP contribution is -2.45. The normalized spacial score (nSPS) is 26.3. The summed E-state index contributed by atoms with van der Waals surface area (Å²) in [6.45, 7) is 1.83. The molecule has 4 rings (SSSR count). The maximum atomic E-state index is 11.6. The van der Waals surface area contributed by atoms with E-state index in [2.05, 4.69) is 31.6 Å². The largest absolute Gasteiger partial charge is 0.356 e. The number of nitrogens with zero attached hydrogens (tertiary/aromatic N) is 3. The number of amides is 1. The molecule has 2 saturated heterocycles. The summed E-state index contributed by atoms with van der Waals surface area (Å²) in [5, 5.41) is 6.19. The van der Waals surface area contributed by atoms with Crippen LogP contribution in [0.5, 0.6) is 0 Å². The van der Waals surface area contributed by atoms with Crippen LogP contribution >= 0.6 is 11.3 Å². The van der Waals surface area contributed by atoms with Gasteiger partial charge in [0.2, 0.25) is 5.91 Å². The molecular weight excluding hydrogens is 284 g/mol. The molecule has 2 fully saturated rings. The van der Waals surface area contributed by atoms with Crippen molar-refractivity contribution in [2.75, 3.05) is 18.0 Å². The molecule has 2 aromatic heterocycles. The van der Waals surface area contributed by atoms with Crippen LogP contribution < -0.4 is 10.2 Å². The minimum absolute atomic E-state index is 0.189. The number of aromatic nitrogens is 2. The van der Waals surface area contributed by atoms with Crippen LogP contribution in [0.1, 0.15) is 25.7 Å². The lowest BCUT2D eigenvalue weighted by Gasteiger charge is -2.39. The van der Waals surface area contributed by atoms with Gasteiger partial charge in [0.05, 0.1) is 5.39 Å². The average molecular weight is 302 g/mol. The summed E-state index contributed by atoms with van der Waals surface area (Å²) < 4.78 is 0. The van der Waals surface area contributed by atoms with Crippen LogP contribution in [0.3, 0.4) is 0 Å². The molecule has 4 heterocycles. The van der Waals surface area contributed by atoms with E-state index in [0.717, 1.165) is 35.5 Å². The number of thiophene rings is 1. The quantitative estimate of drug-likeness (QED) is 0.924. The third-order valence-corrected chi connectivity index (χ3v) is 5.44. The lowest BCUT2D eigenvalue weighted by atomic mass is 9.89. The Morgan fingerprint density at radius 3 is 3.14 bits per heavy atom. The first kappa shape index (κ1) is 13.0. The van der Waals surface area contributed by atoms with Crippen molar-refractivity contribution in [3.8, 4) is 0 Å². The van der Waals surface area contributed by atoms with Crippen molar-refractivity contribution in [1.82, 2.24) is 15.3 Å². The minimum atomic E-state index is 0.189. The summed E-state index contributed by atoms with van der Waals surface area (Å²) >= 11 is 1.66. The molecule has 0 radical (unpaired) electrons. The van der Waals surface area contributed by atoms with Crippen LogP contribution in [0.2, 0.25) is 0 Å². The molecule has 0 saturated carbocycles. The zero-order valence-electron chi connectivity index (χ0n) is 11.8. The monoisotopic (exact) mass is 302 g/mol. The molecule has 5 nitrogen and oxygen atoms in total. The standard InChI is InChI=1S/C15H18N4OS/c20-13-7-10(8-16-13)12-3-1-2-5-19(12)14-11-4-6-21-15(11)18-9-17-14/h4,6,9-10,12H,1-3,5,7-8H2,(H,16,20). The van der Waals surface area contributed by atoms with Gasteiger partial charge in [-0.15, -0.1) is 11.3 Å². The molecule has 21 heavy (non-hydrogen) atoms. The highest BCUT2D eigenvalue weighted by atomic mass is 32.1. The predicted octanol–water partition coefficient (Wildman–Crippen LogP) is 2.19. The Kier molecular flexibility index (Phi) is 3.25. The molecule has 6 heteroatoms. The number of carbonyl (C=O) groups is 1. The van der Waals surface area contributed by atoms with Gasteiger partial charge < -0.3 is 10.2 Å². The summed E-state index contributed by atoms with van der Waals surface area (Å²) in [6.07, 6.45) is 5.90. The molecule has 1 amide bonds. The van der Waals surface area contributed by atoms with Gasteiger partial charge in [0.25, 0.3) is 0 Å². The van der Waals surface area contributed by atoms with E-state index < -0.39 is 0 Å². The van der Waals surface area contributed by atoms with Crippen LogP contribution in [-0.4, -0.2) is 35.0 Å². The Bertz CT molecular complexity index is 670. The zero-order valence-corrected chi connectivity index (χ0v) is 12.6. The van der Waals surface area contributed by atoms with Crippen molar-refractivity contribution in [3.63, 3.8) is 0 Å². The Hall–Kier alpha value is -1.69. The Labute approximate surface area is 127 Å². The van der Waals surface area contributed by atoms with Gasteiger partial charge in [0.1, 0.15) is 17.0 Å². The number of hydrogen-bond donors (Lipinski definition) is 1. The van der Waals surface area contributed by atoms with Crippen LogP contribution in [0.15, 0.2) is 17.8 Å². The predicted molar refractivity (Wildman–Crippen MR) is 83.5 cm³/mol. The van der Waals surface area contributed by atoms with E-state index in [0.29, 0.717) is 18.4 Å². The average Bonchev–Trinajstić information content (AvgIpc) is 3.15. The Morgan fingerprint density at radius 2 is 2.29 bits per heavy atom. The number of rotatable bonds is 2. The lowest BCUT2D eigenvalue weighted by molar-refractivity contribution is -0.119. The van der Waals surface area contributed by atoms with Gasteiger partial charge in [0, 0.05) is 31.5 Å². The van der Waals surface area contributed by atoms with E-state index in [1.165, 1.54) is 12.8 Å². The highest BCUT2D eigenvalue weighted by Gasteiger charge is 2.35. The van der Waals surface area contributed by atoms with Crippen molar-refractivity contribution in [2.24, 2.45) is 5.92 Å². The van der Waals surface area contributed by atoms with E-state index in [1.807, 2.05) is 0 Å². The molecule has 0 bridgehead atoms. The molecule has 2 aromatic rings. The van der Waals surface area contributed by atoms with Crippen LogP contribution in [-0.2, 0) is 4.79 Å². The first-order chi connectivity index (χ1) is 10.3. The summed E-state index contributed by atoms with van der Waals surface area (Å²) in [6, 6.07) is 2.52. The summed E-state index contributed by atoms with van der Waals surface area (Å²) in [4.78, 5) is 23.9. The highest BCUT2D eigenvalue weighted by molar-refractivity contribution is 7.16. The van der Waals surface area contributed by atoms with Gasteiger partial charge >= 0.3 is 0 Å². The van der Waals surface area contributed by atoms with E-state index in [1.54, 1.807) is 17.7 Å². The molecule has 110 valence electrons. The van der Waals surface area contributed by atoms with E-state index in [-0.39, 0.29) is 5.91 Å². The maximum absolute atomic E-state index is 11.6. The third kappa shape index (κ3) is 2.27. The van der Waals surface area contributed by atoms with Gasteiger partial charge in [-0.2, -0.15) is 0 Å². The minimum Gasteiger partial charge on any atom is -0.356 e. The fourth-order valence-corrected chi connectivity index (χ4v) is 4.34. The number of carbonyl (C=O) groups excluding carboxylic acids is 1. The molecule has 2 unspecified atom stereocenters. The van der Waals surface area contributed by atoms with Gasteiger partial charge in [-0.3, -0.25) is 4.79 Å². The SMILES string of the molecule is O=C1CC(C2CCCCN2c2ncnc3sccc23)CN1. The molecular formula is C15H18N4OS.